The largest absolute Gasteiger partial charge is 0.316 e. The summed E-state index contributed by atoms with van der Waals surface area (Å²) in [7, 11) is -1.18. The first-order valence-electron chi connectivity index (χ1n) is 5.16. The van der Waals surface area contributed by atoms with Crippen LogP contribution in [-0.2, 0) is 16.4 Å². The van der Waals surface area contributed by atoms with Crippen molar-refractivity contribution in [3.8, 4) is 0 Å². The van der Waals surface area contributed by atoms with Gasteiger partial charge in [0, 0.05) is 23.4 Å². The fraction of sp³-hybridized carbons (Fsp3) is 0.455. The number of rotatable bonds is 6. The van der Waals surface area contributed by atoms with Crippen LogP contribution in [0.5, 0.6) is 0 Å². The second-order valence-corrected chi connectivity index (χ2v) is 7.17. The van der Waals surface area contributed by atoms with Crippen LogP contribution in [0.3, 0.4) is 0 Å². The van der Waals surface area contributed by atoms with Gasteiger partial charge >= 0.3 is 0 Å². The molecule has 0 unspecified atom stereocenters. The lowest BCUT2D eigenvalue weighted by atomic mass is 10.2. The van der Waals surface area contributed by atoms with Gasteiger partial charge in [0.25, 0.3) is 0 Å². The van der Waals surface area contributed by atoms with Gasteiger partial charge in [-0.25, -0.2) is 12.8 Å². The molecule has 0 fully saturated rings. The molecule has 0 bridgehead atoms. The maximum Gasteiger partial charge on any atom is 0.148 e. The number of benzene rings is 1. The van der Waals surface area contributed by atoms with E-state index in [4.69, 9.17) is 0 Å². The molecule has 0 saturated carbocycles. The van der Waals surface area contributed by atoms with Crippen LogP contribution in [-0.4, -0.2) is 33.2 Å². The molecule has 96 valence electrons. The highest BCUT2D eigenvalue weighted by atomic mass is 32.2. The van der Waals surface area contributed by atoms with Crippen LogP contribution >= 0.6 is 11.8 Å². The van der Waals surface area contributed by atoms with Crippen LogP contribution in [0.4, 0.5) is 4.39 Å². The van der Waals surface area contributed by atoms with Gasteiger partial charge in [-0.05, 0) is 24.7 Å². The Hall–Kier alpha value is -0.590. The van der Waals surface area contributed by atoms with E-state index in [0.717, 1.165) is 5.56 Å². The molecule has 17 heavy (non-hydrogen) atoms. The molecule has 0 aliphatic carbocycles. The van der Waals surface area contributed by atoms with E-state index in [-0.39, 0.29) is 11.6 Å². The first-order chi connectivity index (χ1) is 7.92. The van der Waals surface area contributed by atoms with Gasteiger partial charge in [-0.2, -0.15) is 0 Å². The molecule has 1 aromatic rings. The van der Waals surface area contributed by atoms with Gasteiger partial charge in [0.1, 0.15) is 15.7 Å². The Balaban J connectivity index is 2.60. The molecule has 0 radical (unpaired) electrons. The highest BCUT2D eigenvalue weighted by molar-refractivity contribution is 8.00. The molecule has 0 aliphatic heterocycles. The maximum atomic E-state index is 13.6. The van der Waals surface area contributed by atoms with Crippen LogP contribution in [0.2, 0.25) is 0 Å². The number of thioether (sulfide) groups is 1. The Labute approximate surface area is 106 Å². The van der Waals surface area contributed by atoms with Crippen LogP contribution < -0.4 is 5.32 Å². The third-order valence-corrected chi connectivity index (χ3v) is 4.34. The Bertz CT molecular complexity index is 474. The summed E-state index contributed by atoms with van der Waals surface area (Å²) in [5, 5.41) is 2.94. The number of hydrogen-bond acceptors (Lipinski definition) is 4. The highest BCUT2D eigenvalue weighted by Gasteiger charge is 2.07. The maximum absolute atomic E-state index is 13.6. The Kier molecular flexibility index (Phi) is 5.42. The average molecular weight is 277 g/mol. The van der Waals surface area contributed by atoms with Gasteiger partial charge in [0.05, 0.1) is 5.75 Å². The minimum absolute atomic E-state index is 0.0649. The Morgan fingerprint density at radius 2 is 2.12 bits per heavy atom. The standard InChI is InChI=1S/C11H16FNO2S2/c1-13-8-9-3-4-11(10(12)7-9)16-5-6-17(2,14)15/h3-4,7,13H,5-6,8H2,1-2H3. The first kappa shape index (κ1) is 14.5. The number of sulfone groups is 1. The molecule has 6 heteroatoms. The Morgan fingerprint density at radius 1 is 1.41 bits per heavy atom. The second-order valence-electron chi connectivity index (χ2n) is 3.77. The van der Waals surface area contributed by atoms with Crippen molar-refractivity contribution in [3.63, 3.8) is 0 Å². The van der Waals surface area contributed by atoms with E-state index >= 15 is 0 Å². The van der Waals surface area contributed by atoms with Crippen molar-refractivity contribution in [1.29, 1.82) is 0 Å². The molecule has 0 aromatic heterocycles. The van der Waals surface area contributed by atoms with Crippen molar-refractivity contribution >= 4 is 21.6 Å². The van der Waals surface area contributed by atoms with Gasteiger partial charge in [-0.3, -0.25) is 0 Å². The zero-order valence-corrected chi connectivity index (χ0v) is 11.5. The first-order valence-corrected chi connectivity index (χ1v) is 8.20. The molecule has 3 nitrogen and oxygen atoms in total. The minimum Gasteiger partial charge on any atom is -0.316 e. The molecule has 0 heterocycles. The van der Waals surface area contributed by atoms with Gasteiger partial charge in [-0.1, -0.05) is 6.07 Å². The number of nitrogens with one attached hydrogen (secondary N) is 1. The zero-order valence-electron chi connectivity index (χ0n) is 9.86. The fourth-order valence-corrected chi connectivity index (χ4v) is 3.40. The highest BCUT2D eigenvalue weighted by Crippen LogP contribution is 2.22. The molecule has 0 saturated heterocycles. The molecule has 1 N–H and O–H groups in total. The molecule has 0 aliphatic rings. The van der Waals surface area contributed by atoms with Crippen molar-refractivity contribution in [2.45, 2.75) is 11.4 Å². The SMILES string of the molecule is CNCc1ccc(SCCS(C)(=O)=O)c(F)c1. The monoisotopic (exact) mass is 277 g/mol. The summed E-state index contributed by atoms with van der Waals surface area (Å²) in [6.45, 7) is 0.616. The van der Waals surface area contributed by atoms with E-state index in [1.54, 1.807) is 13.1 Å². The van der Waals surface area contributed by atoms with Crippen molar-refractivity contribution in [1.82, 2.24) is 5.32 Å². The smallest absolute Gasteiger partial charge is 0.148 e. The third kappa shape index (κ3) is 5.52. The molecular formula is C11H16FNO2S2. The van der Waals surface area contributed by atoms with Crippen LogP contribution in [0.1, 0.15) is 5.56 Å². The fourth-order valence-electron chi connectivity index (χ4n) is 1.28. The molecular weight excluding hydrogens is 261 g/mol. The van der Waals surface area contributed by atoms with E-state index in [9.17, 15) is 12.8 Å². The van der Waals surface area contributed by atoms with Gasteiger partial charge in [0.15, 0.2) is 0 Å². The van der Waals surface area contributed by atoms with Crippen molar-refractivity contribution in [2.75, 3.05) is 24.8 Å². The zero-order chi connectivity index (χ0) is 12.9. The molecule has 1 rings (SSSR count). The van der Waals surface area contributed by atoms with Crippen LogP contribution in [0.15, 0.2) is 23.1 Å². The van der Waals surface area contributed by atoms with Crippen molar-refractivity contribution in [3.05, 3.63) is 29.6 Å². The van der Waals surface area contributed by atoms with Gasteiger partial charge in [-0.15, -0.1) is 11.8 Å². The van der Waals surface area contributed by atoms with E-state index in [0.29, 0.717) is 17.2 Å². The summed E-state index contributed by atoms with van der Waals surface area (Å²) in [5.74, 6) is 0.146. The van der Waals surface area contributed by atoms with E-state index in [1.807, 2.05) is 6.07 Å². The summed E-state index contributed by atoms with van der Waals surface area (Å²) in [6.07, 6.45) is 1.18. The predicted molar refractivity (Wildman–Crippen MR) is 69.6 cm³/mol. The average Bonchev–Trinajstić information content (AvgIpc) is 2.20. The third-order valence-electron chi connectivity index (χ3n) is 2.09. The normalized spacial score (nSPS) is 11.7. The van der Waals surface area contributed by atoms with E-state index in [2.05, 4.69) is 5.32 Å². The Morgan fingerprint density at radius 3 is 2.65 bits per heavy atom. The van der Waals surface area contributed by atoms with Crippen molar-refractivity contribution < 1.29 is 12.8 Å². The summed E-state index contributed by atoms with van der Waals surface area (Å²) < 4.78 is 35.5. The minimum atomic E-state index is -2.98. The van der Waals surface area contributed by atoms with Crippen molar-refractivity contribution in [2.24, 2.45) is 0 Å². The molecule has 0 amide bonds. The molecule has 0 atom stereocenters. The summed E-state index contributed by atoms with van der Waals surface area (Å²) in [4.78, 5) is 0.494. The topological polar surface area (TPSA) is 46.2 Å². The summed E-state index contributed by atoms with van der Waals surface area (Å²) in [5.41, 5.74) is 0.873. The molecule has 0 spiro atoms. The summed E-state index contributed by atoms with van der Waals surface area (Å²) >= 11 is 1.23. The van der Waals surface area contributed by atoms with E-state index < -0.39 is 9.84 Å². The van der Waals surface area contributed by atoms with Gasteiger partial charge in [0.2, 0.25) is 0 Å². The van der Waals surface area contributed by atoms with Crippen LogP contribution in [0, 0.1) is 5.82 Å². The van der Waals surface area contributed by atoms with Gasteiger partial charge < -0.3 is 5.32 Å². The van der Waals surface area contributed by atoms with Crippen LogP contribution in [0.25, 0.3) is 0 Å². The number of halogens is 1. The lowest BCUT2D eigenvalue weighted by molar-refractivity contribution is 0.597. The quantitative estimate of drug-likeness (QED) is 0.804. The molecule has 1 aromatic carbocycles. The lowest BCUT2D eigenvalue weighted by Gasteiger charge is -2.05. The van der Waals surface area contributed by atoms with E-state index in [1.165, 1.54) is 24.1 Å². The second kappa shape index (κ2) is 6.37. The summed E-state index contributed by atoms with van der Waals surface area (Å²) in [6, 6.07) is 5.00. The lowest BCUT2D eigenvalue weighted by Crippen LogP contribution is -2.06. The number of hydrogen-bond donors (Lipinski definition) is 1. The predicted octanol–water partition coefficient (Wildman–Crippen LogP) is 1.68.